The second kappa shape index (κ2) is 7.55. The van der Waals surface area contributed by atoms with Gasteiger partial charge in [-0.3, -0.25) is 4.72 Å². The lowest BCUT2D eigenvalue weighted by Gasteiger charge is -2.12. The lowest BCUT2D eigenvalue weighted by atomic mass is 10.2. The van der Waals surface area contributed by atoms with Crippen molar-refractivity contribution in [3.63, 3.8) is 0 Å². The molecule has 7 nitrogen and oxygen atoms in total. The van der Waals surface area contributed by atoms with Gasteiger partial charge in [0.2, 0.25) is 0 Å². The van der Waals surface area contributed by atoms with Crippen molar-refractivity contribution in [2.24, 2.45) is 0 Å². The van der Waals surface area contributed by atoms with Gasteiger partial charge in [-0.1, -0.05) is 17.7 Å². The van der Waals surface area contributed by atoms with Crippen LogP contribution in [0.1, 0.15) is 17.0 Å². The number of rotatable bonds is 6. The Morgan fingerprint density at radius 1 is 0.929 bits per heavy atom. The minimum atomic E-state index is -3.83. The number of hydrogen-bond acceptors (Lipinski definition) is 5. The number of aryl methyl sites for hydroxylation is 2. The highest BCUT2D eigenvalue weighted by Crippen LogP contribution is 2.31. The number of nitrogens with one attached hydrogen (secondary N) is 1. The highest BCUT2D eigenvalue weighted by molar-refractivity contribution is 7.92. The summed E-state index contributed by atoms with van der Waals surface area (Å²) in [5.74, 6) is 0.801. The van der Waals surface area contributed by atoms with E-state index in [0.717, 1.165) is 11.3 Å². The molecule has 3 aromatic rings. The van der Waals surface area contributed by atoms with Crippen LogP contribution in [-0.4, -0.2) is 32.4 Å². The van der Waals surface area contributed by atoms with Crippen LogP contribution in [0.3, 0.4) is 0 Å². The van der Waals surface area contributed by atoms with Gasteiger partial charge < -0.3 is 9.47 Å². The van der Waals surface area contributed by atoms with E-state index in [1.165, 1.54) is 26.4 Å². The van der Waals surface area contributed by atoms with Crippen molar-refractivity contribution in [3.8, 4) is 17.2 Å². The number of hydrogen-bond donors (Lipinski definition) is 1. The molecule has 0 amide bonds. The van der Waals surface area contributed by atoms with E-state index in [1.54, 1.807) is 17.7 Å². The second-order valence-corrected chi connectivity index (χ2v) is 8.10. The van der Waals surface area contributed by atoms with Crippen molar-refractivity contribution < 1.29 is 17.9 Å². The second-order valence-electron chi connectivity index (χ2n) is 6.42. The van der Waals surface area contributed by atoms with Gasteiger partial charge in [0.1, 0.15) is 0 Å². The van der Waals surface area contributed by atoms with Crippen LogP contribution in [0.4, 0.5) is 5.69 Å². The normalized spacial score (nSPS) is 11.3. The fraction of sp³-hybridized carbons (Fsp3) is 0.250. The molecule has 0 aliphatic heterocycles. The molecule has 28 heavy (non-hydrogen) atoms. The molecular formula is C20H23N3O4S. The zero-order chi connectivity index (χ0) is 20.5. The average Bonchev–Trinajstić information content (AvgIpc) is 2.95. The van der Waals surface area contributed by atoms with Gasteiger partial charge in [-0.2, -0.15) is 5.10 Å². The Hall–Kier alpha value is -3.00. The molecule has 0 spiro atoms. The summed E-state index contributed by atoms with van der Waals surface area (Å²) in [7, 11) is -0.874. The van der Waals surface area contributed by atoms with Crippen LogP contribution in [0.15, 0.2) is 47.4 Å². The maximum atomic E-state index is 12.9. The Bertz CT molecular complexity index is 1100. The summed E-state index contributed by atoms with van der Waals surface area (Å²) >= 11 is 0. The van der Waals surface area contributed by atoms with Crippen LogP contribution in [0.2, 0.25) is 0 Å². The number of aromatic nitrogens is 2. The lowest BCUT2D eigenvalue weighted by Crippen LogP contribution is -2.14. The lowest BCUT2D eigenvalue weighted by molar-refractivity contribution is 0.354. The molecule has 0 fully saturated rings. The van der Waals surface area contributed by atoms with Gasteiger partial charge in [0.05, 0.1) is 41.9 Å². The monoisotopic (exact) mass is 401 g/mol. The summed E-state index contributed by atoms with van der Waals surface area (Å²) in [5, 5.41) is 4.49. The first-order chi connectivity index (χ1) is 13.3. The highest BCUT2D eigenvalue weighted by Gasteiger charge is 2.22. The largest absolute Gasteiger partial charge is 0.493 e. The van der Waals surface area contributed by atoms with Crippen LogP contribution in [0.25, 0.3) is 5.69 Å². The van der Waals surface area contributed by atoms with E-state index in [1.807, 2.05) is 38.1 Å². The molecule has 0 atom stereocenters. The first kappa shape index (κ1) is 19.8. The molecule has 0 radical (unpaired) electrons. The molecule has 0 aliphatic carbocycles. The molecule has 8 heteroatoms. The fourth-order valence-corrected chi connectivity index (χ4v) is 4.10. The van der Waals surface area contributed by atoms with E-state index < -0.39 is 10.0 Å². The topological polar surface area (TPSA) is 82.5 Å². The Morgan fingerprint density at radius 3 is 2.18 bits per heavy atom. The summed E-state index contributed by atoms with van der Waals surface area (Å²) in [6, 6.07) is 12.3. The van der Waals surface area contributed by atoms with E-state index in [2.05, 4.69) is 9.82 Å². The van der Waals surface area contributed by atoms with Crippen molar-refractivity contribution >= 4 is 15.7 Å². The zero-order valence-electron chi connectivity index (χ0n) is 16.5. The van der Waals surface area contributed by atoms with E-state index in [0.29, 0.717) is 28.6 Å². The SMILES string of the molecule is COc1ccc(S(=O)(=O)Nc2c(C)nn(-c3ccc(C)cc3)c2C)cc1OC. The van der Waals surface area contributed by atoms with E-state index in [9.17, 15) is 8.42 Å². The number of ether oxygens (including phenoxy) is 2. The molecule has 2 aromatic carbocycles. The smallest absolute Gasteiger partial charge is 0.262 e. The van der Waals surface area contributed by atoms with E-state index in [-0.39, 0.29) is 4.90 Å². The molecule has 1 N–H and O–H groups in total. The molecule has 1 aromatic heterocycles. The standard InChI is InChI=1S/C20H23N3O4S/c1-13-6-8-16(9-7-13)23-15(3)20(14(2)21-23)22-28(24,25)17-10-11-18(26-4)19(12-17)27-5/h6-12,22H,1-5H3. The number of benzene rings is 2. The average molecular weight is 401 g/mol. The number of anilines is 1. The van der Waals surface area contributed by atoms with E-state index in [4.69, 9.17) is 9.47 Å². The van der Waals surface area contributed by atoms with Crippen molar-refractivity contribution in [2.45, 2.75) is 25.7 Å². The Balaban J connectivity index is 1.98. The van der Waals surface area contributed by atoms with Crippen LogP contribution >= 0.6 is 0 Å². The molecule has 0 aliphatic rings. The predicted octanol–water partition coefficient (Wildman–Crippen LogP) is 3.62. The summed E-state index contributed by atoms with van der Waals surface area (Å²) in [6.07, 6.45) is 0. The quantitative estimate of drug-likeness (QED) is 0.682. The van der Waals surface area contributed by atoms with E-state index >= 15 is 0 Å². The van der Waals surface area contributed by atoms with Gasteiger partial charge >= 0.3 is 0 Å². The summed E-state index contributed by atoms with van der Waals surface area (Å²) in [4.78, 5) is 0.0760. The van der Waals surface area contributed by atoms with Crippen molar-refractivity contribution in [1.29, 1.82) is 0 Å². The number of methoxy groups -OCH3 is 2. The first-order valence-corrected chi connectivity index (χ1v) is 10.1. The molecule has 1 heterocycles. The first-order valence-electron chi connectivity index (χ1n) is 8.65. The maximum Gasteiger partial charge on any atom is 0.262 e. The number of nitrogens with zero attached hydrogens (tertiary/aromatic N) is 2. The van der Waals surface area contributed by atoms with Gasteiger partial charge in [0.25, 0.3) is 10.0 Å². The Labute approximate surface area is 165 Å². The van der Waals surface area contributed by atoms with Gasteiger partial charge in [0.15, 0.2) is 11.5 Å². The van der Waals surface area contributed by atoms with Crippen LogP contribution in [0, 0.1) is 20.8 Å². The third-order valence-corrected chi connectivity index (χ3v) is 5.82. The van der Waals surface area contributed by atoms with Gasteiger partial charge in [0, 0.05) is 6.07 Å². The summed E-state index contributed by atoms with van der Waals surface area (Å²) in [6.45, 7) is 5.60. The predicted molar refractivity (Wildman–Crippen MR) is 108 cm³/mol. The van der Waals surface area contributed by atoms with Crippen LogP contribution < -0.4 is 14.2 Å². The molecule has 3 rings (SSSR count). The highest BCUT2D eigenvalue weighted by atomic mass is 32.2. The third kappa shape index (κ3) is 3.68. The van der Waals surface area contributed by atoms with Gasteiger partial charge in [-0.25, -0.2) is 13.1 Å². The molecule has 0 bridgehead atoms. The molecule has 0 unspecified atom stereocenters. The molecule has 0 saturated heterocycles. The van der Waals surface area contributed by atoms with Crippen LogP contribution in [0.5, 0.6) is 11.5 Å². The van der Waals surface area contributed by atoms with Gasteiger partial charge in [-0.05, 0) is 45.0 Å². The third-order valence-electron chi connectivity index (χ3n) is 4.47. The fourth-order valence-electron chi connectivity index (χ4n) is 2.90. The summed E-state index contributed by atoms with van der Waals surface area (Å²) < 4.78 is 40.6. The summed E-state index contributed by atoms with van der Waals surface area (Å²) in [5.41, 5.74) is 3.74. The minimum Gasteiger partial charge on any atom is -0.493 e. The molecule has 0 saturated carbocycles. The van der Waals surface area contributed by atoms with Crippen molar-refractivity contribution in [2.75, 3.05) is 18.9 Å². The number of sulfonamides is 1. The minimum absolute atomic E-state index is 0.0760. The maximum absolute atomic E-state index is 12.9. The molecule has 148 valence electrons. The Kier molecular flexibility index (Phi) is 5.33. The molecular weight excluding hydrogens is 378 g/mol. The van der Waals surface area contributed by atoms with Crippen molar-refractivity contribution in [3.05, 3.63) is 59.4 Å². The zero-order valence-corrected chi connectivity index (χ0v) is 17.3. The van der Waals surface area contributed by atoms with Gasteiger partial charge in [-0.15, -0.1) is 0 Å². The van der Waals surface area contributed by atoms with Crippen LogP contribution in [-0.2, 0) is 10.0 Å². The van der Waals surface area contributed by atoms with Crippen molar-refractivity contribution in [1.82, 2.24) is 9.78 Å². The Morgan fingerprint density at radius 2 is 1.57 bits per heavy atom.